The first-order valence-corrected chi connectivity index (χ1v) is 11.0. The van der Waals surface area contributed by atoms with Gasteiger partial charge in [0.05, 0.1) is 14.2 Å². The lowest BCUT2D eigenvalue weighted by molar-refractivity contribution is -0.107. The van der Waals surface area contributed by atoms with E-state index in [0.29, 0.717) is 12.3 Å². The molecule has 0 bridgehead atoms. The van der Waals surface area contributed by atoms with E-state index in [4.69, 9.17) is 9.47 Å². The highest BCUT2D eigenvalue weighted by molar-refractivity contribution is 7.99. The number of carbonyl (C=O) groups excluding carboxylic acids is 1. The van der Waals surface area contributed by atoms with Crippen molar-refractivity contribution in [1.29, 1.82) is 0 Å². The molecule has 0 spiro atoms. The van der Waals surface area contributed by atoms with Gasteiger partial charge in [0.25, 0.3) is 0 Å². The molecule has 2 aromatic carbocycles. The van der Waals surface area contributed by atoms with Crippen LogP contribution >= 0.6 is 11.8 Å². The van der Waals surface area contributed by atoms with E-state index in [0.717, 1.165) is 49.2 Å². The molecule has 0 aliphatic carbocycles. The van der Waals surface area contributed by atoms with Crippen molar-refractivity contribution < 1.29 is 14.3 Å². The standard InChI is InChI=1S/C24H30O3S/c1-24(18-9-11-19(26-2)12-10-18)17-28-23-16-20(27-3)13-14-21(23)22(24)8-6-4-5-7-15-25/h9-16,22H,4-8,17H2,1-3H3/t22?,24-/m0/s1. The zero-order valence-electron chi connectivity index (χ0n) is 17.1. The minimum absolute atomic E-state index is 0.0587. The summed E-state index contributed by atoms with van der Waals surface area (Å²) >= 11 is 1.92. The molecular formula is C24H30O3S. The van der Waals surface area contributed by atoms with E-state index >= 15 is 0 Å². The molecule has 1 heterocycles. The van der Waals surface area contributed by atoms with Crippen molar-refractivity contribution in [3.05, 3.63) is 53.6 Å². The second kappa shape index (κ2) is 9.51. The van der Waals surface area contributed by atoms with Crippen LogP contribution in [0.3, 0.4) is 0 Å². The number of benzene rings is 2. The molecule has 1 unspecified atom stereocenters. The van der Waals surface area contributed by atoms with Crippen molar-refractivity contribution in [2.24, 2.45) is 0 Å². The predicted molar refractivity (Wildman–Crippen MR) is 116 cm³/mol. The fourth-order valence-corrected chi connectivity index (χ4v) is 5.61. The summed E-state index contributed by atoms with van der Waals surface area (Å²) in [5, 5.41) is 0. The Hall–Kier alpha value is -1.94. The smallest absolute Gasteiger partial charge is 0.119 e. The van der Waals surface area contributed by atoms with Gasteiger partial charge in [-0.15, -0.1) is 11.8 Å². The van der Waals surface area contributed by atoms with Gasteiger partial charge in [0.1, 0.15) is 17.8 Å². The van der Waals surface area contributed by atoms with Gasteiger partial charge in [0, 0.05) is 22.5 Å². The van der Waals surface area contributed by atoms with Crippen LogP contribution in [0.2, 0.25) is 0 Å². The maximum absolute atomic E-state index is 10.6. The first kappa shape index (κ1) is 20.8. The van der Waals surface area contributed by atoms with E-state index in [9.17, 15) is 4.79 Å². The predicted octanol–water partition coefficient (Wildman–Crippen LogP) is 6.00. The molecular weight excluding hydrogens is 368 g/mol. The van der Waals surface area contributed by atoms with Crippen molar-refractivity contribution in [1.82, 2.24) is 0 Å². The van der Waals surface area contributed by atoms with Gasteiger partial charge in [-0.2, -0.15) is 0 Å². The van der Waals surface area contributed by atoms with E-state index in [-0.39, 0.29) is 5.41 Å². The summed E-state index contributed by atoms with van der Waals surface area (Å²) in [4.78, 5) is 11.9. The van der Waals surface area contributed by atoms with Gasteiger partial charge >= 0.3 is 0 Å². The molecule has 28 heavy (non-hydrogen) atoms. The van der Waals surface area contributed by atoms with E-state index in [2.05, 4.69) is 49.4 Å². The van der Waals surface area contributed by atoms with E-state index < -0.39 is 0 Å². The maximum atomic E-state index is 10.6. The molecule has 0 amide bonds. The highest BCUT2D eigenvalue weighted by atomic mass is 32.2. The first-order valence-electron chi connectivity index (χ1n) is 10.0. The average Bonchev–Trinajstić information content (AvgIpc) is 2.74. The number of unbranched alkanes of at least 4 members (excludes halogenated alkanes) is 3. The fourth-order valence-electron chi connectivity index (χ4n) is 4.21. The Morgan fingerprint density at radius 1 is 1.04 bits per heavy atom. The van der Waals surface area contributed by atoms with Crippen LogP contribution in [0.15, 0.2) is 47.4 Å². The Labute approximate surface area is 172 Å². The molecule has 0 saturated carbocycles. The SMILES string of the molecule is COc1ccc([C@]2(C)CSc3cc(OC)ccc3C2CCCCCC=O)cc1. The Morgan fingerprint density at radius 3 is 2.43 bits per heavy atom. The van der Waals surface area contributed by atoms with Gasteiger partial charge < -0.3 is 14.3 Å². The zero-order valence-corrected chi connectivity index (χ0v) is 17.9. The van der Waals surface area contributed by atoms with Crippen LogP contribution in [0.25, 0.3) is 0 Å². The minimum Gasteiger partial charge on any atom is -0.497 e. The highest BCUT2D eigenvalue weighted by Crippen LogP contribution is 2.52. The van der Waals surface area contributed by atoms with Crippen LogP contribution in [-0.4, -0.2) is 26.3 Å². The Bertz CT molecular complexity index is 787. The van der Waals surface area contributed by atoms with Crippen LogP contribution in [-0.2, 0) is 10.2 Å². The normalized spacial score (nSPS) is 21.0. The lowest BCUT2D eigenvalue weighted by Gasteiger charge is -2.43. The lowest BCUT2D eigenvalue weighted by Crippen LogP contribution is -2.36. The molecule has 0 saturated heterocycles. The largest absolute Gasteiger partial charge is 0.497 e. The number of hydrogen-bond donors (Lipinski definition) is 0. The highest BCUT2D eigenvalue weighted by Gasteiger charge is 2.41. The average molecular weight is 399 g/mol. The minimum atomic E-state index is 0.0587. The van der Waals surface area contributed by atoms with Gasteiger partial charge in [-0.1, -0.05) is 38.0 Å². The molecule has 1 aliphatic heterocycles. The summed E-state index contributed by atoms with van der Waals surface area (Å²) in [6.45, 7) is 2.39. The van der Waals surface area contributed by atoms with Gasteiger partial charge in [-0.05, 0) is 54.2 Å². The molecule has 0 radical (unpaired) electrons. The molecule has 3 nitrogen and oxygen atoms in total. The maximum Gasteiger partial charge on any atom is 0.119 e. The second-order valence-electron chi connectivity index (χ2n) is 7.70. The summed E-state index contributed by atoms with van der Waals surface area (Å²) in [5.74, 6) is 3.30. The molecule has 2 atom stereocenters. The van der Waals surface area contributed by atoms with E-state index in [1.807, 2.05) is 11.8 Å². The molecule has 3 rings (SSSR count). The van der Waals surface area contributed by atoms with Crippen LogP contribution in [0.4, 0.5) is 0 Å². The van der Waals surface area contributed by atoms with E-state index in [1.165, 1.54) is 16.0 Å². The number of hydrogen-bond acceptors (Lipinski definition) is 4. The number of ether oxygens (including phenoxy) is 2. The third-order valence-electron chi connectivity index (χ3n) is 5.96. The molecule has 0 aromatic heterocycles. The van der Waals surface area contributed by atoms with Crippen molar-refractivity contribution in [3.63, 3.8) is 0 Å². The summed E-state index contributed by atoms with van der Waals surface area (Å²) in [6, 6.07) is 15.1. The number of thioether (sulfide) groups is 1. The molecule has 0 fully saturated rings. The van der Waals surface area contributed by atoms with Crippen LogP contribution in [0, 0.1) is 0 Å². The fraction of sp³-hybridized carbons (Fsp3) is 0.458. The number of aldehydes is 1. The van der Waals surface area contributed by atoms with Gasteiger partial charge in [-0.3, -0.25) is 0 Å². The molecule has 1 aliphatic rings. The summed E-state index contributed by atoms with van der Waals surface area (Å²) in [6.07, 6.45) is 6.05. The monoisotopic (exact) mass is 398 g/mol. The van der Waals surface area contributed by atoms with Crippen molar-refractivity contribution in [3.8, 4) is 11.5 Å². The molecule has 0 N–H and O–H groups in total. The van der Waals surface area contributed by atoms with Crippen molar-refractivity contribution in [2.45, 2.75) is 55.3 Å². The van der Waals surface area contributed by atoms with Crippen molar-refractivity contribution >= 4 is 18.0 Å². The van der Waals surface area contributed by atoms with Gasteiger partial charge in [0.2, 0.25) is 0 Å². The van der Waals surface area contributed by atoms with Crippen LogP contribution in [0.5, 0.6) is 11.5 Å². The lowest BCUT2D eigenvalue weighted by atomic mass is 9.68. The Balaban J connectivity index is 1.91. The second-order valence-corrected chi connectivity index (χ2v) is 8.71. The van der Waals surface area contributed by atoms with Gasteiger partial charge in [0.15, 0.2) is 0 Å². The molecule has 4 heteroatoms. The van der Waals surface area contributed by atoms with Gasteiger partial charge in [-0.25, -0.2) is 0 Å². The van der Waals surface area contributed by atoms with Crippen LogP contribution in [0.1, 0.15) is 56.1 Å². The first-order chi connectivity index (χ1) is 13.6. The third-order valence-corrected chi connectivity index (χ3v) is 7.37. The topological polar surface area (TPSA) is 35.5 Å². The number of rotatable bonds is 9. The molecule has 150 valence electrons. The summed E-state index contributed by atoms with van der Waals surface area (Å²) < 4.78 is 10.8. The van der Waals surface area contributed by atoms with Crippen molar-refractivity contribution in [2.75, 3.05) is 20.0 Å². The quantitative estimate of drug-likeness (QED) is 0.383. The summed E-state index contributed by atoms with van der Waals surface area (Å²) in [5.41, 5.74) is 2.84. The number of carbonyl (C=O) groups is 1. The zero-order chi connectivity index (χ0) is 20.0. The third kappa shape index (κ3) is 4.38. The summed E-state index contributed by atoms with van der Waals surface area (Å²) in [7, 11) is 3.43. The number of methoxy groups -OCH3 is 2. The Morgan fingerprint density at radius 2 is 1.75 bits per heavy atom. The van der Waals surface area contributed by atoms with Crippen LogP contribution < -0.4 is 9.47 Å². The van der Waals surface area contributed by atoms with E-state index in [1.54, 1.807) is 14.2 Å². The Kier molecular flexibility index (Phi) is 7.06. The number of fused-ring (bicyclic) bond motifs is 1. The molecule has 2 aromatic rings.